The van der Waals surface area contributed by atoms with E-state index in [1.54, 1.807) is 6.07 Å². The summed E-state index contributed by atoms with van der Waals surface area (Å²) in [6, 6.07) is 10.3. The second kappa shape index (κ2) is 4.45. The number of aliphatic hydroxyl groups excluding tert-OH is 1. The number of nitrogen functional groups attached to an aromatic ring is 1. The highest BCUT2D eigenvalue weighted by molar-refractivity contribution is 5.69. The van der Waals surface area contributed by atoms with Crippen molar-refractivity contribution in [1.82, 2.24) is 19.3 Å². The number of benzene rings is 1. The first-order chi connectivity index (χ1) is 11.2. The first-order valence-electron chi connectivity index (χ1n) is 7.86. The second-order valence-corrected chi connectivity index (χ2v) is 6.33. The number of rotatable bonds is 1. The lowest BCUT2D eigenvalue weighted by Crippen LogP contribution is -2.31. The fraction of sp³-hybridized carbons (Fsp3) is 0.294. The Balaban J connectivity index is 1.63. The van der Waals surface area contributed by atoms with Crippen LogP contribution in [0.15, 0.2) is 42.9 Å². The van der Waals surface area contributed by atoms with E-state index in [0.717, 1.165) is 24.4 Å². The number of aryl methyl sites for hydroxylation is 1. The van der Waals surface area contributed by atoms with Crippen molar-refractivity contribution < 1.29 is 5.11 Å². The van der Waals surface area contributed by atoms with Gasteiger partial charge in [0.05, 0.1) is 30.0 Å². The maximum atomic E-state index is 10.9. The number of hydrogen-bond donors (Lipinski definition) is 2. The van der Waals surface area contributed by atoms with E-state index in [1.807, 2.05) is 23.3 Å². The second-order valence-electron chi connectivity index (χ2n) is 6.33. The van der Waals surface area contributed by atoms with Gasteiger partial charge in [-0.15, -0.1) is 0 Å². The lowest BCUT2D eigenvalue weighted by molar-refractivity contribution is 0.0525. The molecule has 2 aliphatic rings. The maximum Gasteiger partial charge on any atom is 0.145 e. The summed E-state index contributed by atoms with van der Waals surface area (Å²) in [5.41, 5.74) is 10.2. The number of fused-ring (bicyclic) bond motifs is 4. The van der Waals surface area contributed by atoms with E-state index < -0.39 is 6.10 Å². The Labute approximate surface area is 133 Å². The highest BCUT2D eigenvalue weighted by Gasteiger charge is 2.41. The zero-order valence-corrected chi connectivity index (χ0v) is 12.5. The number of imidazole rings is 1. The molecule has 0 amide bonds. The van der Waals surface area contributed by atoms with Crippen molar-refractivity contribution >= 4 is 5.82 Å². The van der Waals surface area contributed by atoms with Crippen LogP contribution in [-0.4, -0.2) is 24.4 Å². The quantitative estimate of drug-likeness (QED) is 0.720. The lowest BCUT2D eigenvalue weighted by atomic mass is 9.83. The van der Waals surface area contributed by atoms with Gasteiger partial charge in [-0.25, -0.2) is 4.98 Å². The van der Waals surface area contributed by atoms with E-state index in [2.05, 4.69) is 32.8 Å². The van der Waals surface area contributed by atoms with Gasteiger partial charge in [0.1, 0.15) is 11.9 Å². The summed E-state index contributed by atoms with van der Waals surface area (Å²) >= 11 is 0. The molecule has 6 nitrogen and oxygen atoms in total. The molecule has 0 radical (unpaired) electrons. The van der Waals surface area contributed by atoms with Gasteiger partial charge in [0.25, 0.3) is 0 Å². The number of nitrogens with two attached hydrogens (primary N) is 1. The smallest absolute Gasteiger partial charge is 0.145 e. The minimum atomic E-state index is -0.583. The molecule has 0 saturated carbocycles. The average molecular weight is 307 g/mol. The van der Waals surface area contributed by atoms with Crippen molar-refractivity contribution in [1.29, 1.82) is 0 Å². The van der Waals surface area contributed by atoms with Gasteiger partial charge in [0.2, 0.25) is 0 Å². The van der Waals surface area contributed by atoms with Gasteiger partial charge < -0.3 is 15.4 Å². The number of hydrogen-bond acceptors (Lipinski definition) is 4. The summed E-state index contributed by atoms with van der Waals surface area (Å²) in [4.78, 5) is 4.30. The van der Waals surface area contributed by atoms with Crippen LogP contribution < -0.4 is 5.73 Å². The van der Waals surface area contributed by atoms with Crippen molar-refractivity contribution in [2.45, 2.75) is 25.1 Å². The fourth-order valence-electron chi connectivity index (χ4n) is 4.16. The summed E-state index contributed by atoms with van der Waals surface area (Å²) in [5.74, 6) is 0.546. The first-order valence-corrected chi connectivity index (χ1v) is 7.86. The molecule has 0 fully saturated rings. The third-order valence-corrected chi connectivity index (χ3v) is 5.14. The Morgan fingerprint density at radius 2 is 2.13 bits per heavy atom. The molecule has 2 aromatic heterocycles. The van der Waals surface area contributed by atoms with Crippen molar-refractivity contribution in [2.24, 2.45) is 5.92 Å². The highest BCUT2D eigenvalue weighted by Crippen LogP contribution is 2.48. The van der Waals surface area contributed by atoms with Crippen molar-refractivity contribution in [2.75, 3.05) is 5.73 Å². The zero-order chi connectivity index (χ0) is 15.6. The SMILES string of the molecule is Nc1cc2n(n1)CCC([C@@H]1c3ccccc3-c3cncn31)C2O. The monoisotopic (exact) mass is 307 g/mol. The molecule has 23 heavy (non-hydrogen) atoms. The molecule has 3 N–H and O–H groups in total. The van der Waals surface area contributed by atoms with Crippen LogP contribution in [-0.2, 0) is 6.54 Å². The molecule has 5 rings (SSSR count). The predicted octanol–water partition coefficient (Wildman–Crippen LogP) is 1.99. The molecule has 0 saturated heterocycles. The van der Waals surface area contributed by atoms with Crippen LogP contribution >= 0.6 is 0 Å². The normalized spacial score (nSPS) is 25.0. The van der Waals surface area contributed by atoms with Crippen molar-refractivity contribution in [3.05, 3.63) is 54.1 Å². The molecule has 0 aliphatic carbocycles. The third kappa shape index (κ3) is 1.66. The third-order valence-electron chi connectivity index (χ3n) is 5.14. The standard InChI is InChI=1S/C17H17N5O/c18-15-7-13-17(23)12(5-6-22(13)20-15)16-11-4-2-1-3-10(11)14-8-19-9-21(14)16/h1-4,7-9,12,16-17,23H,5-6H2,(H2,18,20)/t12?,16-,17?/m0/s1. The number of anilines is 1. The van der Waals surface area contributed by atoms with Crippen LogP contribution in [0.5, 0.6) is 0 Å². The van der Waals surface area contributed by atoms with E-state index in [9.17, 15) is 5.11 Å². The predicted molar refractivity (Wildman–Crippen MR) is 85.5 cm³/mol. The van der Waals surface area contributed by atoms with Gasteiger partial charge >= 0.3 is 0 Å². The summed E-state index contributed by atoms with van der Waals surface area (Å²) in [7, 11) is 0. The molecule has 6 heteroatoms. The Kier molecular flexibility index (Phi) is 2.50. The molecular weight excluding hydrogens is 290 g/mol. The van der Waals surface area contributed by atoms with Gasteiger partial charge in [0, 0.05) is 24.1 Å². The Bertz CT molecular complexity index is 896. The maximum absolute atomic E-state index is 10.9. The average Bonchev–Trinajstić information content (AvgIpc) is 3.22. The van der Waals surface area contributed by atoms with E-state index in [1.165, 1.54) is 11.1 Å². The van der Waals surface area contributed by atoms with Gasteiger partial charge in [0.15, 0.2) is 0 Å². The Morgan fingerprint density at radius 3 is 3.04 bits per heavy atom. The van der Waals surface area contributed by atoms with Crippen LogP contribution in [0.25, 0.3) is 11.3 Å². The largest absolute Gasteiger partial charge is 0.386 e. The zero-order valence-electron chi connectivity index (χ0n) is 12.5. The molecule has 0 bridgehead atoms. The molecule has 0 spiro atoms. The van der Waals surface area contributed by atoms with Crippen LogP contribution in [0.1, 0.15) is 29.8 Å². The molecule has 2 unspecified atom stereocenters. The molecule has 4 heterocycles. The topological polar surface area (TPSA) is 81.9 Å². The molecular formula is C17H17N5O. The molecule has 116 valence electrons. The summed E-state index contributed by atoms with van der Waals surface area (Å²) in [5, 5.41) is 15.2. The number of nitrogens with zero attached hydrogens (tertiary/aromatic N) is 4. The van der Waals surface area contributed by atoms with Gasteiger partial charge in [-0.3, -0.25) is 4.68 Å². The fourth-order valence-corrected chi connectivity index (χ4v) is 4.16. The Morgan fingerprint density at radius 1 is 1.26 bits per heavy atom. The minimum absolute atomic E-state index is 0.0789. The minimum Gasteiger partial charge on any atom is -0.386 e. The van der Waals surface area contributed by atoms with E-state index in [0.29, 0.717) is 5.82 Å². The van der Waals surface area contributed by atoms with E-state index in [-0.39, 0.29) is 12.0 Å². The van der Waals surface area contributed by atoms with Gasteiger partial charge in [-0.1, -0.05) is 24.3 Å². The number of aromatic nitrogens is 4. The summed E-state index contributed by atoms with van der Waals surface area (Å²) < 4.78 is 4.01. The lowest BCUT2D eigenvalue weighted by Gasteiger charge is -2.34. The molecule has 2 aliphatic heterocycles. The van der Waals surface area contributed by atoms with Crippen LogP contribution in [0.4, 0.5) is 5.82 Å². The summed E-state index contributed by atoms with van der Waals surface area (Å²) in [6.07, 6.45) is 4.04. The van der Waals surface area contributed by atoms with Crippen LogP contribution in [0, 0.1) is 5.92 Å². The van der Waals surface area contributed by atoms with E-state index in [4.69, 9.17) is 5.73 Å². The summed E-state index contributed by atoms with van der Waals surface area (Å²) in [6.45, 7) is 0.775. The molecule has 3 aromatic rings. The molecule has 1 aromatic carbocycles. The van der Waals surface area contributed by atoms with Crippen molar-refractivity contribution in [3.8, 4) is 11.3 Å². The van der Waals surface area contributed by atoms with Gasteiger partial charge in [-0.2, -0.15) is 5.10 Å². The first kappa shape index (κ1) is 12.9. The number of aliphatic hydroxyl groups is 1. The van der Waals surface area contributed by atoms with Crippen molar-refractivity contribution in [3.63, 3.8) is 0 Å². The van der Waals surface area contributed by atoms with Crippen LogP contribution in [0.2, 0.25) is 0 Å². The Hall–Kier alpha value is -2.60. The van der Waals surface area contributed by atoms with Gasteiger partial charge in [-0.05, 0) is 12.0 Å². The van der Waals surface area contributed by atoms with Crippen LogP contribution in [0.3, 0.4) is 0 Å². The van der Waals surface area contributed by atoms with E-state index >= 15 is 0 Å². The molecule has 3 atom stereocenters. The highest BCUT2D eigenvalue weighted by atomic mass is 16.3.